The van der Waals surface area contributed by atoms with Crippen molar-refractivity contribution in [3.63, 3.8) is 0 Å². The van der Waals surface area contributed by atoms with Crippen molar-refractivity contribution in [1.82, 2.24) is 20.0 Å². The van der Waals surface area contributed by atoms with Crippen LogP contribution in [0.5, 0.6) is 0 Å². The van der Waals surface area contributed by atoms with E-state index in [1.165, 1.54) is 0 Å². The summed E-state index contributed by atoms with van der Waals surface area (Å²) >= 11 is 1.63. The first-order chi connectivity index (χ1) is 9.22. The molecular formula is C12H20IN5OS. The van der Waals surface area contributed by atoms with Crippen LogP contribution in [0, 0.1) is 0 Å². The molecule has 2 N–H and O–H groups in total. The Morgan fingerprint density at radius 2 is 2.40 bits per heavy atom. The van der Waals surface area contributed by atoms with Gasteiger partial charge in [0.05, 0.1) is 18.8 Å². The SMILES string of the molecule is CN=C(NCc1cn2ccsc2n1)NC(C)COC.I. The number of rotatable bonds is 5. The predicted octanol–water partition coefficient (Wildman–Crippen LogP) is 1.71. The molecule has 0 saturated carbocycles. The van der Waals surface area contributed by atoms with Gasteiger partial charge in [0.1, 0.15) is 0 Å². The average Bonchev–Trinajstić information content (AvgIpc) is 2.95. The number of fused-ring (bicyclic) bond motifs is 1. The summed E-state index contributed by atoms with van der Waals surface area (Å²) in [5.74, 6) is 0.751. The van der Waals surface area contributed by atoms with E-state index in [2.05, 4.69) is 20.6 Å². The van der Waals surface area contributed by atoms with Crippen molar-refractivity contribution in [2.75, 3.05) is 20.8 Å². The van der Waals surface area contributed by atoms with E-state index in [0.29, 0.717) is 13.2 Å². The molecule has 0 spiro atoms. The molecule has 0 aromatic carbocycles. The van der Waals surface area contributed by atoms with Crippen molar-refractivity contribution in [2.45, 2.75) is 19.5 Å². The summed E-state index contributed by atoms with van der Waals surface area (Å²) in [5, 5.41) is 8.51. The molecule has 112 valence electrons. The molecule has 1 atom stereocenters. The zero-order valence-electron chi connectivity index (χ0n) is 11.8. The smallest absolute Gasteiger partial charge is 0.193 e. The summed E-state index contributed by atoms with van der Waals surface area (Å²) in [6.07, 6.45) is 4.02. The van der Waals surface area contributed by atoms with E-state index in [9.17, 15) is 0 Å². The van der Waals surface area contributed by atoms with E-state index < -0.39 is 0 Å². The Hall–Kier alpha value is -0.870. The number of methoxy groups -OCH3 is 1. The van der Waals surface area contributed by atoms with Crippen molar-refractivity contribution in [3.05, 3.63) is 23.5 Å². The highest BCUT2D eigenvalue weighted by molar-refractivity contribution is 14.0. The Morgan fingerprint density at radius 3 is 3.05 bits per heavy atom. The van der Waals surface area contributed by atoms with Crippen LogP contribution in [-0.4, -0.2) is 42.2 Å². The molecule has 6 nitrogen and oxygen atoms in total. The predicted molar refractivity (Wildman–Crippen MR) is 93.2 cm³/mol. The maximum absolute atomic E-state index is 5.08. The van der Waals surface area contributed by atoms with Crippen LogP contribution in [0.1, 0.15) is 12.6 Å². The number of ether oxygens (including phenoxy) is 1. The highest BCUT2D eigenvalue weighted by atomic mass is 127. The molecule has 0 radical (unpaired) electrons. The molecule has 0 amide bonds. The number of aliphatic imine (C=N–C) groups is 1. The maximum atomic E-state index is 5.08. The fraction of sp³-hybridized carbons (Fsp3) is 0.500. The van der Waals surface area contributed by atoms with Gasteiger partial charge in [-0.15, -0.1) is 35.3 Å². The average molecular weight is 409 g/mol. The van der Waals surface area contributed by atoms with Gasteiger partial charge in [0.25, 0.3) is 0 Å². The number of hydrogen-bond acceptors (Lipinski definition) is 4. The molecule has 20 heavy (non-hydrogen) atoms. The molecule has 2 aromatic heterocycles. The Morgan fingerprint density at radius 1 is 1.60 bits per heavy atom. The number of nitrogens with zero attached hydrogens (tertiary/aromatic N) is 3. The second-order valence-corrected chi connectivity index (χ2v) is 5.12. The second-order valence-electron chi connectivity index (χ2n) is 4.25. The molecular weight excluding hydrogens is 389 g/mol. The molecule has 0 fully saturated rings. The summed E-state index contributed by atoms with van der Waals surface area (Å²) in [4.78, 5) is 9.69. The van der Waals surface area contributed by atoms with Crippen LogP contribution < -0.4 is 10.6 Å². The Balaban J connectivity index is 0.00000200. The highest BCUT2D eigenvalue weighted by Crippen LogP contribution is 2.10. The lowest BCUT2D eigenvalue weighted by Gasteiger charge is -2.16. The van der Waals surface area contributed by atoms with E-state index in [-0.39, 0.29) is 30.0 Å². The van der Waals surface area contributed by atoms with Crippen LogP contribution in [0.4, 0.5) is 0 Å². The van der Waals surface area contributed by atoms with Crippen molar-refractivity contribution < 1.29 is 4.74 Å². The minimum atomic E-state index is 0. The number of hydrogen-bond donors (Lipinski definition) is 2. The monoisotopic (exact) mass is 409 g/mol. The van der Waals surface area contributed by atoms with Gasteiger partial charge >= 0.3 is 0 Å². The van der Waals surface area contributed by atoms with Crippen LogP contribution in [0.15, 0.2) is 22.8 Å². The van der Waals surface area contributed by atoms with Crippen LogP contribution >= 0.6 is 35.3 Å². The largest absolute Gasteiger partial charge is 0.383 e. The Bertz CT molecular complexity index is 524. The normalized spacial score (nSPS) is 13.1. The van der Waals surface area contributed by atoms with Gasteiger partial charge < -0.3 is 15.4 Å². The molecule has 0 bridgehead atoms. The van der Waals surface area contributed by atoms with E-state index >= 15 is 0 Å². The van der Waals surface area contributed by atoms with Crippen molar-refractivity contribution in [3.8, 4) is 0 Å². The van der Waals surface area contributed by atoms with Gasteiger partial charge in [-0.1, -0.05) is 0 Å². The number of imidazole rings is 1. The Kier molecular flexibility index (Phi) is 7.24. The molecule has 2 aromatic rings. The van der Waals surface area contributed by atoms with Crippen LogP contribution in [0.2, 0.25) is 0 Å². The molecule has 0 aliphatic heterocycles. The maximum Gasteiger partial charge on any atom is 0.193 e. The third-order valence-electron chi connectivity index (χ3n) is 2.60. The lowest BCUT2D eigenvalue weighted by Crippen LogP contribution is -2.43. The number of aromatic nitrogens is 2. The van der Waals surface area contributed by atoms with Crippen LogP contribution in [0.3, 0.4) is 0 Å². The summed E-state index contributed by atoms with van der Waals surface area (Å²) in [6, 6.07) is 0.210. The number of guanidine groups is 1. The van der Waals surface area contributed by atoms with Gasteiger partial charge in [-0.3, -0.25) is 9.39 Å². The van der Waals surface area contributed by atoms with Crippen LogP contribution in [0.25, 0.3) is 4.96 Å². The van der Waals surface area contributed by atoms with Crippen LogP contribution in [-0.2, 0) is 11.3 Å². The van der Waals surface area contributed by atoms with E-state index in [1.54, 1.807) is 25.5 Å². The molecule has 0 aliphatic carbocycles. The quantitative estimate of drug-likeness (QED) is 0.449. The number of nitrogens with one attached hydrogen (secondary N) is 2. The van der Waals surface area contributed by atoms with Crippen molar-refractivity contribution in [1.29, 1.82) is 0 Å². The lowest BCUT2D eigenvalue weighted by atomic mass is 10.4. The molecule has 0 saturated heterocycles. The van der Waals surface area contributed by atoms with E-state index in [0.717, 1.165) is 16.6 Å². The van der Waals surface area contributed by atoms with Gasteiger partial charge in [0, 0.05) is 38.0 Å². The van der Waals surface area contributed by atoms with E-state index in [1.807, 2.05) is 29.1 Å². The molecule has 1 unspecified atom stereocenters. The second kappa shape index (κ2) is 8.42. The zero-order valence-corrected chi connectivity index (χ0v) is 14.9. The summed E-state index contributed by atoms with van der Waals surface area (Å²) in [7, 11) is 3.44. The number of thiazole rings is 1. The zero-order chi connectivity index (χ0) is 13.7. The summed E-state index contributed by atoms with van der Waals surface area (Å²) < 4.78 is 7.10. The first-order valence-electron chi connectivity index (χ1n) is 6.10. The summed E-state index contributed by atoms with van der Waals surface area (Å²) in [6.45, 7) is 3.33. The third kappa shape index (κ3) is 4.60. The fourth-order valence-electron chi connectivity index (χ4n) is 1.76. The van der Waals surface area contributed by atoms with Gasteiger partial charge in [-0.05, 0) is 6.92 Å². The summed E-state index contributed by atoms with van der Waals surface area (Å²) in [5.41, 5.74) is 0.995. The lowest BCUT2D eigenvalue weighted by molar-refractivity contribution is 0.179. The standard InChI is InChI=1S/C12H19N5OS.HI/c1-9(8-18-3)15-11(13-2)14-6-10-7-17-4-5-19-12(17)16-10;/h4-5,7,9H,6,8H2,1-3H3,(H2,13,14,15);1H. The minimum Gasteiger partial charge on any atom is -0.383 e. The third-order valence-corrected chi connectivity index (χ3v) is 3.37. The molecule has 8 heteroatoms. The van der Waals surface area contributed by atoms with Gasteiger partial charge in [0.15, 0.2) is 10.9 Å². The fourth-order valence-corrected chi connectivity index (χ4v) is 2.47. The molecule has 2 rings (SSSR count). The topological polar surface area (TPSA) is 63.0 Å². The molecule has 2 heterocycles. The Labute approximate surface area is 139 Å². The van der Waals surface area contributed by atoms with Gasteiger partial charge in [0.2, 0.25) is 0 Å². The van der Waals surface area contributed by atoms with E-state index in [4.69, 9.17) is 4.74 Å². The first-order valence-corrected chi connectivity index (χ1v) is 6.98. The first kappa shape index (κ1) is 17.2. The number of halogens is 1. The highest BCUT2D eigenvalue weighted by Gasteiger charge is 2.06. The van der Waals surface area contributed by atoms with Crippen molar-refractivity contribution >= 4 is 46.2 Å². The van der Waals surface area contributed by atoms with Gasteiger partial charge in [-0.2, -0.15) is 0 Å². The minimum absolute atomic E-state index is 0. The van der Waals surface area contributed by atoms with Gasteiger partial charge in [-0.25, -0.2) is 4.98 Å². The molecule has 0 aliphatic rings. The van der Waals surface area contributed by atoms with Crippen molar-refractivity contribution in [2.24, 2.45) is 4.99 Å².